The Hall–Kier alpha value is -4.20. The van der Waals surface area contributed by atoms with Crippen molar-refractivity contribution in [3.63, 3.8) is 0 Å². The molecule has 1 fully saturated rings. The van der Waals surface area contributed by atoms with Crippen molar-refractivity contribution < 1.29 is 19.0 Å². The first-order valence-corrected chi connectivity index (χ1v) is 12.5. The lowest BCUT2D eigenvalue weighted by Crippen LogP contribution is -2.41. The maximum atomic E-state index is 12.9. The molecule has 0 radical (unpaired) electrons. The van der Waals surface area contributed by atoms with Crippen LogP contribution >= 0.6 is 0 Å². The largest absolute Gasteiger partial charge is 0.493 e. The Bertz CT molecular complexity index is 1350. The average molecular weight is 501 g/mol. The smallest absolute Gasteiger partial charge is 0.321 e. The number of benzene rings is 3. The van der Waals surface area contributed by atoms with E-state index in [1.165, 1.54) is 0 Å². The molecule has 0 saturated carbocycles. The summed E-state index contributed by atoms with van der Waals surface area (Å²) in [7, 11) is 3.17. The van der Waals surface area contributed by atoms with Crippen LogP contribution in [0.4, 0.5) is 10.5 Å². The summed E-state index contributed by atoms with van der Waals surface area (Å²) in [6.07, 6.45) is 1.84. The third-order valence-corrected chi connectivity index (χ3v) is 6.82. The predicted octanol–water partition coefficient (Wildman–Crippen LogP) is 5.58. The fourth-order valence-electron chi connectivity index (χ4n) is 4.80. The van der Waals surface area contributed by atoms with Crippen LogP contribution < -0.4 is 19.5 Å². The van der Waals surface area contributed by atoms with Crippen LogP contribution in [0.1, 0.15) is 18.7 Å². The number of imidazole rings is 1. The molecule has 1 N–H and O–H groups in total. The fraction of sp³-hybridized carbons (Fsp3) is 0.310. The zero-order chi connectivity index (χ0) is 25.6. The number of carbonyl (C=O) groups excluding carboxylic acids is 1. The van der Waals surface area contributed by atoms with Crippen LogP contribution in [0.15, 0.2) is 72.8 Å². The van der Waals surface area contributed by atoms with Gasteiger partial charge in [0.15, 0.2) is 11.5 Å². The first kappa shape index (κ1) is 24.5. The molecule has 3 aromatic carbocycles. The van der Waals surface area contributed by atoms with E-state index in [2.05, 4.69) is 16.0 Å². The number of methoxy groups -OCH3 is 2. The molecule has 37 heavy (non-hydrogen) atoms. The van der Waals surface area contributed by atoms with Crippen molar-refractivity contribution >= 4 is 22.8 Å². The molecule has 0 bridgehead atoms. The first-order chi connectivity index (χ1) is 18.1. The average Bonchev–Trinajstić information content (AvgIpc) is 3.29. The number of nitrogens with zero attached hydrogens (tertiary/aromatic N) is 3. The lowest BCUT2D eigenvalue weighted by molar-refractivity contribution is 0.176. The van der Waals surface area contributed by atoms with Crippen LogP contribution in [-0.4, -0.2) is 47.8 Å². The number of carbonyl (C=O) groups is 1. The minimum Gasteiger partial charge on any atom is -0.493 e. The summed E-state index contributed by atoms with van der Waals surface area (Å²) in [5.41, 5.74) is 2.77. The van der Waals surface area contributed by atoms with Gasteiger partial charge in [-0.05, 0) is 55.2 Å². The minimum atomic E-state index is -0.101. The number of amides is 2. The van der Waals surface area contributed by atoms with Crippen LogP contribution in [0.5, 0.6) is 17.2 Å². The summed E-state index contributed by atoms with van der Waals surface area (Å²) in [5, 5.41) is 2.98. The van der Waals surface area contributed by atoms with E-state index in [1.807, 2.05) is 59.5 Å². The van der Waals surface area contributed by atoms with Gasteiger partial charge in [-0.3, -0.25) is 0 Å². The van der Waals surface area contributed by atoms with Gasteiger partial charge in [-0.2, -0.15) is 0 Å². The predicted molar refractivity (Wildman–Crippen MR) is 143 cm³/mol. The summed E-state index contributed by atoms with van der Waals surface area (Å²) in [6.45, 7) is 2.66. The van der Waals surface area contributed by atoms with Gasteiger partial charge in [0.1, 0.15) is 18.2 Å². The van der Waals surface area contributed by atoms with Gasteiger partial charge >= 0.3 is 6.03 Å². The van der Waals surface area contributed by atoms with Gasteiger partial charge in [-0.25, -0.2) is 9.78 Å². The number of likely N-dealkylation sites (tertiary alicyclic amines) is 1. The molecule has 4 aromatic rings. The number of para-hydroxylation sites is 3. The number of piperidine rings is 1. The molecular formula is C29H32N4O4. The van der Waals surface area contributed by atoms with Gasteiger partial charge in [0, 0.05) is 31.4 Å². The molecule has 0 atom stereocenters. The Labute approximate surface area is 216 Å². The molecular weight excluding hydrogens is 468 g/mol. The zero-order valence-corrected chi connectivity index (χ0v) is 21.2. The SMILES string of the molecule is COc1ccc(NC(=O)N2CCC(Cn3c(COc4ccccc4)nc4ccccc43)CC2)cc1OC. The fourth-order valence-corrected chi connectivity index (χ4v) is 4.80. The van der Waals surface area contributed by atoms with Gasteiger partial charge in [0.05, 0.1) is 25.3 Å². The van der Waals surface area contributed by atoms with Crippen molar-refractivity contribution in [2.45, 2.75) is 26.0 Å². The van der Waals surface area contributed by atoms with Crippen LogP contribution in [0.2, 0.25) is 0 Å². The second-order valence-corrected chi connectivity index (χ2v) is 9.16. The number of hydrogen-bond donors (Lipinski definition) is 1. The zero-order valence-electron chi connectivity index (χ0n) is 21.2. The lowest BCUT2D eigenvalue weighted by atomic mass is 9.96. The monoisotopic (exact) mass is 500 g/mol. The Morgan fingerprint density at radius 3 is 2.43 bits per heavy atom. The Balaban J connectivity index is 1.22. The number of hydrogen-bond acceptors (Lipinski definition) is 5. The number of fused-ring (bicyclic) bond motifs is 1. The molecule has 8 nitrogen and oxygen atoms in total. The van der Waals surface area contributed by atoms with Gasteiger partial charge < -0.3 is 29.0 Å². The van der Waals surface area contributed by atoms with E-state index >= 15 is 0 Å². The van der Waals surface area contributed by atoms with Crippen molar-refractivity contribution in [3.05, 3.63) is 78.6 Å². The highest BCUT2D eigenvalue weighted by Gasteiger charge is 2.25. The van der Waals surface area contributed by atoms with Crippen molar-refractivity contribution in [1.29, 1.82) is 0 Å². The molecule has 0 spiro atoms. The highest BCUT2D eigenvalue weighted by atomic mass is 16.5. The second-order valence-electron chi connectivity index (χ2n) is 9.16. The molecule has 192 valence electrons. The summed E-state index contributed by atoms with van der Waals surface area (Å²) < 4.78 is 18.9. The lowest BCUT2D eigenvalue weighted by Gasteiger charge is -2.32. The van der Waals surface area contributed by atoms with Crippen molar-refractivity contribution in [1.82, 2.24) is 14.5 Å². The highest BCUT2D eigenvalue weighted by molar-refractivity contribution is 5.89. The maximum absolute atomic E-state index is 12.9. The number of anilines is 1. The minimum absolute atomic E-state index is 0.101. The molecule has 1 saturated heterocycles. The van der Waals surface area contributed by atoms with E-state index in [9.17, 15) is 4.79 Å². The summed E-state index contributed by atoms with van der Waals surface area (Å²) in [4.78, 5) is 19.6. The van der Waals surface area contributed by atoms with E-state index < -0.39 is 0 Å². The molecule has 8 heteroatoms. The standard InChI is InChI=1S/C29H32N4O4/c1-35-26-13-12-22(18-27(26)36-2)30-29(34)32-16-14-21(15-17-32)19-33-25-11-7-6-10-24(25)31-28(33)20-37-23-8-4-3-5-9-23/h3-13,18,21H,14-17,19-20H2,1-2H3,(H,30,34). The molecule has 2 amide bonds. The number of rotatable bonds is 8. The summed E-state index contributed by atoms with van der Waals surface area (Å²) in [5.74, 6) is 3.40. The normalized spacial score (nSPS) is 13.9. The number of aromatic nitrogens is 2. The van der Waals surface area contributed by atoms with Crippen molar-refractivity contribution in [2.24, 2.45) is 5.92 Å². The molecule has 2 heterocycles. The van der Waals surface area contributed by atoms with Crippen LogP contribution in [-0.2, 0) is 13.2 Å². The molecule has 1 aromatic heterocycles. The topological polar surface area (TPSA) is 77.9 Å². The van der Waals surface area contributed by atoms with E-state index in [1.54, 1.807) is 26.4 Å². The van der Waals surface area contributed by atoms with E-state index in [0.29, 0.717) is 42.8 Å². The maximum Gasteiger partial charge on any atom is 0.321 e. The van der Waals surface area contributed by atoms with Crippen LogP contribution in [0, 0.1) is 5.92 Å². The molecule has 0 aliphatic carbocycles. The van der Waals surface area contributed by atoms with Gasteiger partial charge in [0.2, 0.25) is 0 Å². The van der Waals surface area contributed by atoms with E-state index in [4.69, 9.17) is 19.2 Å². The second kappa shape index (κ2) is 11.2. The quantitative estimate of drug-likeness (QED) is 0.342. The molecule has 1 aliphatic heterocycles. The summed E-state index contributed by atoms with van der Waals surface area (Å²) >= 11 is 0. The summed E-state index contributed by atoms with van der Waals surface area (Å²) in [6, 6.07) is 23.3. The number of ether oxygens (including phenoxy) is 3. The Morgan fingerprint density at radius 1 is 0.946 bits per heavy atom. The molecule has 0 unspecified atom stereocenters. The first-order valence-electron chi connectivity index (χ1n) is 12.5. The molecule has 1 aliphatic rings. The van der Waals surface area contributed by atoms with Gasteiger partial charge in [-0.1, -0.05) is 30.3 Å². The van der Waals surface area contributed by atoms with Crippen LogP contribution in [0.25, 0.3) is 11.0 Å². The van der Waals surface area contributed by atoms with Gasteiger partial charge in [-0.15, -0.1) is 0 Å². The van der Waals surface area contributed by atoms with E-state index in [0.717, 1.165) is 42.0 Å². The third kappa shape index (κ3) is 5.63. The van der Waals surface area contributed by atoms with Crippen molar-refractivity contribution in [2.75, 3.05) is 32.6 Å². The molecule has 5 rings (SSSR count). The van der Waals surface area contributed by atoms with E-state index in [-0.39, 0.29) is 6.03 Å². The number of urea groups is 1. The van der Waals surface area contributed by atoms with Crippen molar-refractivity contribution in [3.8, 4) is 17.2 Å². The van der Waals surface area contributed by atoms with Gasteiger partial charge in [0.25, 0.3) is 0 Å². The highest BCUT2D eigenvalue weighted by Crippen LogP contribution is 2.30. The Kier molecular flexibility index (Phi) is 7.44. The Morgan fingerprint density at radius 2 is 1.68 bits per heavy atom. The third-order valence-electron chi connectivity index (χ3n) is 6.82. The number of nitrogens with one attached hydrogen (secondary N) is 1. The van der Waals surface area contributed by atoms with Crippen LogP contribution in [0.3, 0.4) is 0 Å².